The third-order valence-corrected chi connectivity index (χ3v) is 4.22. The molecule has 120 valence electrons. The van der Waals surface area contributed by atoms with Gasteiger partial charge in [-0.2, -0.15) is 0 Å². The molecular formula is C16H15Cl2N3O2. The van der Waals surface area contributed by atoms with E-state index in [0.29, 0.717) is 34.6 Å². The minimum absolute atomic E-state index is 0.154. The number of benzene rings is 2. The lowest BCUT2D eigenvalue weighted by Crippen LogP contribution is -2.38. The lowest BCUT2D eigenvalue weighted by atomic mass is 10.2. The van der Waals surface area contributed by atoms with E-state index in [1.807, 2.05) is 11.0 Å². The fourth-order valence-corrected chi connectivity index (χ4v) is 2.70. The number of nitrogens with two attached hydrogens (primary N) is 1. The summed E-state index contributed by atoms with van der Waals surface area (Å²) in [5.41, 5.74) is 7.87. The van der Waals surface area contributed by atoms with E-state index in [4.69, 9.17) is 33.7 Å². The lowest BCUT2D eigenvalue weighted by Gasteiger charge is -2.30. The minimum atomic E-state index is -0.154. The smallest absolute Gasteiger partial charge is 0.243 e. The maximum absolute atomic E-state index is 12.3. The van der Waals surface area contributed by atoms with Crippen molar-refractivity contribution in [1.29, 1.82) is 0 Å². The van der Waals surface area contributed by atoms with Crippen molar-refractivity contribution >= 4 is 46.2 Å². The van der Waals surface area contributed by atoms with Gasteiger partial charge in [-0.1, -0.05) is 23.2 Å². The average Bonchev–Trinajstić information content (AvgIpc) is 2.51. The van der Waals surface area contributed by atoms with Gasteiger partial charge in [0.25, 0.3) is 0 Å². The van der Waals surface area contributed by atoms with Crippen molar-refractivity contribution in [1.82, 2.24) is 0 Å². The van der Waals surface area contributed by atoms with Crippen molar-refractivity contribution in [2.45, 2.75) is 0 Å². The summed E-state index contributed by atoms with van der Waals surface area (Å²) >= 11 is 11.8. The lowest BCUT2D eigenvalue weighted by molar-refractivity contribution is -0.115. The molecule has 3 N–H and O–H groups in total. The van der Waals surface area contributed by atoms with Crippen LogP contribution in [0.15, 0.2) is 36.4 Å². The SMILES string of the molecule is Nc1ccc2c(c1)N(CC(=O)Nc1ccc(Cl)c(Cl)c1)CCO2. The van der Waals surface area contributed by atoms with Crippen molar-refractivity contribution in [3.05, 3.63) is 46.4 Å². The monoisotopic (exact) mass is 351 g/mol. The number of nitrogen functional groups attached to an aromatic ring is 1. The average molecular weight is 352 g/mol. The van der Waals surface area contributed by atoms with E-state index in [0.717, 1.165) is 11.4 Å². The quantitative estimate of drug-likeness (QED) is 0.831. The Hall–Kier alpha value is -2.11. The number of nitrogens with zero attached hydrogens (tertiary/aromatic N) is 1. The second kappa shape index (κ2) is 6.56. The Morgan fingerprint density at radius 2 is 2.04 bits per heavy atom. The Morgan fingerprint density at radius 1 is 1.22 bits per heavy atom. The molecule has 2 aromatic rings. The van der Waals surface area contributed by atoms with Crippen LogP contribution in [-0.2, 0) is 4.79 Å². The zero-order chi connectivity index (χ0) is 16.4. The van der Waals surface area contributed by atoms with Gasteiger partial charge in [0.05, 0.1) is 28.8 Å². The summed E-state index contributed by atoms with van der Waals surface area (Å²) in [6.45, 7) is 1.34. The molecule has 0 unspecified atom stereocenters. The Labute approximate surface area is 143 Å². The number of rotatable bonds is 3. The molecular weight excluding hydrogens is 337 g/mol. The van der Waals surface area contributed by atoms with E-state index in [9.17, 15) is 4.79 Å². The van der Waals surface area contributed by atoms with Gasteiger partial charge in [0.15, 0.2) is 0 Å². The van der Waals surface area contributed by atoms with Crippen molar-refractivity contribution in [2.24, 2.45) is 0 Å². The van der Waals surface area contributed by atoms with Crippen molar-refractivity contribution in [2.75, 3.05) is 35.6 Å². The normalized spacial score (nSPS) is 13.2. The predicted octanol–water partition coefficient (Wildman–Crippen LogP) is 3.41. The number of ether oxygens (including phenoxy) is 1. The molecule has 7 heteroatoms. The molecule has 0 spiro atoms. The molecule has 0 bridgehead atoms. The molecule has 5 nitrogen and oxygen atoms in total. The molecule has 1 aliphatic heterocycles. The highest BCUT2D eigenvalue weighted by Crippen LogP contribution is 2.33. The Kier molecular flexibility index (Phi) is 4.50. The molecule has 0 saturated heterocycles. The number of carbonyl (C=O) groups excluding carboxylic acids is 1. The molecule has 0 fully saturated rings. The molecule has 0 radical (unpaired) electrons. The molecule has 2 aromatic carbocycles. The molecule has 1 aliphatic rings. The van der Waals surface area contributed by atoms with Crippen LogP contribution < -0.4 is 20.7 Å². The highest BCUT2D eigenvalue weighted by molar-refractivity contribution is 6.42. The number of hydrogen-bond donors (Lipinski definition) is 2. The van der Waals surface area contributed by atoms with Crippen LogP contribution in [0.25, 0.3) is 0 Å². The van der Waals surface area contributed by atoms with Crippen LogP contribution in [0.5, 0.6) is 5.75 Å². The summed E-state index contributed by atoms with van der Waals surface area (Å²) in [6, 6.07) is 10.4. The van der Waals surface area contributed by atoms with Gasteiger partial charge in [-0.3, -0.25) is 4.79 Å². The summed E-state index contributed by atoms with van der Waals surface area (Å²) in [4.78, 5) is 14.2. The number of carbonyl (C=O) groups is 1. The fourth-order valence-electron chi connectivity index (χ4n) is 2.40. The summed E-state index contributed by atoms with van der Waals surface area (Å²) in [5, 5.41) is 3.65. The standard InChI is InChI=1S/C16H15Cl2N3O2/c17-12-3-2-11(8-13(12)18)20-16(22)9-21-5-6-23-15-4-1-10(19)7-14(15)21/h1-4,7-8H,5-6,9,19H2,(H,20,22). The molecule has 0 aliphatic carbocycles. The third-order valence-electron chi connectivity index (χ3n) is 3.48. The zero-order valence-corrected chi connectivity index (χ0v) is 13.7. The van der Waals surface area contributed by atoms with Gasteiger partial charge >= 0.3 is 0 Å². The third kappa shape index (κ3) is 3.63. The summed E-state index contributed by atoms with van der Waals surface area (Å²) in [7, 11) is 0. The first-order valence-corrected chi connectivity index (χ1v) is 7.81. The van der Waals surface area contributed by atoms with Crippen LogP contribution in [0.1, 0.15) is 0 Å². The van der Waals surface area contributed by atoms with Crippen molar-refractivity contribution in [3.8, 4) is 5.75 Å². The second-order valence-corrected chi connectivity index (χ2v) is 5.99. The molecule has 1 amide bonds. The number of halogens is 2. The highest BCUT2D eigenvalue weighted by Gasteiger charge is 2.20. The maximum atomic E-state index is 12.3. The molecule has 0 atom stereocenters. The van der Waals surface area contributed by atoms with Gasteiger partial charge in [-0.05, 0) is 36.4 Å². The van der Waals surface area contributed by atoms with Gasteiger partial charge < -0.3 is 20.7 Å². The van der Waals surface area contributed by atoms with Crippen molar-refractivity contribution in [3.63, 3.8) is 0 Å². The number of fused-ring (bicyclic) bond motifs is 1. The fraction of sp³-hybridized carbons (Fsp3) is 0.188. The van der Waals surface area contributed by atoms with Gasteiger partial charge in [-0.15, -0.1) is 0 Å². The van der Waals surface area contributed by atoms with E-state index < -0.39 is 0 Å². The second-order valence-electron chi connectivity index (χ2n) is 5.17. The molecule has 0 aromatic heterocycles. The van der Waals surface area contributed by atoms with E-state index in [2.05, 4.69) is 5.32 Å². The Bertz CT molecular complexity index is 752. The van der Waals surface area contributed by atoms with Crippen LogP contribution >= 0.6 is 23.2 Å². The number of amides is 1. The van der Waals surface area contributed by atoms with Gasteiger partial charge in [-0.25, -0.2) is 0 Å². The summed E-state index contributed by atoms with van der Waals surface area (Å²) in [5.74, 6) is 0.575. The van der Waals surface area contributed by atoms with Crippen LogP contribution in [0, 0.1) is 0 Å². The van der Waals surface area contributed by atoms with Crippen LogP contribution in [0.4, 0.5) is 17.1 Å². The van der Waals surface area contributed by atoms with E-state index in [-0.39, 0.29) is 12.5 Å². The van der Waals surface area contributed by atoms with Crippen LogP contribution in [0.3, 0.4) is 0 Å². The number of nitrogens with one attached hydrogen (secondary N) is 1. The van der Waals surface area contributed by atoms with Gasteiger partial charge in [0.2, 0.25) is 5.91 Å². The van der Waals surface area contributed by atoms with Crippen molar-refractivity contribution < 1.29 is 9.53 Å². The zero-order valence-electron chi connectivity index (χ0n) is 12.2. The van der Waals surface area contributed by atoms with Gasteiger partial charge in [0, 0.05) is 11.4 Å². The minimum Gasteiger partial charge on any atom is -0.490 e. The molecule has 23 heavy (non-hydrogen) atoms. The summed E-state index contributed by atoms with van der Waals surface area (Å²) < 4.78 is 5.58. The predicted molar refractivity (Wildman–Crippen MR) is 93.7 cm³/mol. The highest BCUT2D eigenvalue weighted by atomic mass is 35.5. The number of anilines is 3. The summed E-state index contributed by atoms with van der Waals surface area (Å²) in [6.07, 6.45) is 0. The topological polar surface area (TPSA) is 67.6 Å². The van der Waals surface area contributed by atoms with E-state index in [1.54, 1.807) is 30.3 Å². The first-order chi connectivity index (χ1) is 11.0. The molecule has 3 rings (SSSR count). The van der Waals surface area contributed by atoms with Crippen LogP contribution in [0.2, 0.25) is 10.0 Å². The van der Waals surface area contributed by atoms with E-state index in [1.165, 1.54) is 0 Å². The maximum Gasteiger partial charge on any atom is 0.243 e. The first-order valence-electron chi connectivity index (χ1n) is 7.05. The Morgan fingerprint density at radius 3 is 2.83 bits per heavy atom. The van der Waals surface area contributed by atoms with E-state index >= 15 is 0 Å². The van der Waals surface area contributed by atoms with Gasteiger partial charge in [0.1, 0.15) is 12.4 Å². The molecule has 0 saturated carbocycles. The first kappa shape index (κ1) is 15.8. The Balaban J connectivity index is 1.71. The largest absolute Gasteiger partial charge is 0.490 e. The molecule has 1 heterocycles. The van der Waals surface area contributed by atoms with Crippen LogP contribution in [-0.4, -0.2) is 25.6 Å². The number of hydrogen-bond acceptors (Lipinski definition) is 4.